The van der Waals surface area contributed by atoms with Crippen LogP contribution in [0.1, 0.15) is 65.4 Å². The zero-order valence-electron chi connectivity index (χ0n) is 20.9. The summed E-state index contributed by atoms with van der Waals surface area (Å²) in [6.45, 7) is 10.6. The minimum atomic E-state index is -0.410. The van der Waals surface area contributed by atoms with Gasteiger partial charge in [0.1, 0.15) is 5.78 Å². The van der Waals surface area contributed by atoms with Crippen molar-refractivity contribution in [3.8, 4) is 11.1 Å². The lowest BCUT2D eigenvalue weighted by Crippen LogP contribution is -2.44. The maximum absolute atomic E-state index is 13.5. The molecule has 0 spiro atoms. The molecule has 2 aromatic carbocycles. The number of benzene rings is 2. The lowest BCUT2D eigenvalue weighted by molar-refractivity contribution is -0.140. The first-order valence-electron chi connectivity index (χ1n) is 12.4. The van der Waals surface area contributed by atoms with Gasteiger partial charge in [0.15, 0.2) is 0 Å². The Labute approximate surface area is 203 Å². The fourth-order valence-electron chi connectivity index (χ4n) is 5.20. The van der Waals surface area contributed by atoms with Gasteiger partial charge in [-0.05, 0) is 40.9 Å². The monoisotopic (exact) mass is 457 g/mol. The molecule has 178 valence electrons. The fraction of sp³-hybridized carbons (Fsp3) is 0.433. The first kappa shape index (κ1) is 24.1. The van der Waals surface area contributed by atoms with Gasteiger partial charge in [-0.3, -0.25) is 9.79 Å². The van der Waals surface area contributed by atoms with Crippen molar-refractivity contribution in [3.63, 3.8) is 0 Å². The number of carbonyl (C=O) groups is 2. The number of esters is 1. The van der Waals surface area contributed by atoms with Crippen molar-refractivity contribution < 1.29 is 14.3 Å². The molecule has 34 heavy (non-hydrogen) atoms. The summed E-state index contributed by atoms with van der Waals surface area (Å²) >= 11 is 0. The van der Waals surface area contributed by atoms with Crippen LogP contribution in [0.3, 0.4) is 0 Å². The Balaban J connectivity index is 1.80. The maximum atomic E-state index is 13.5. The third-order valence-corrected chi connectivity index (χ3v) is 6.73. The molecule has 0 bridgehead atoms. The normalized spacial score (nSPS) is 21.8. The van der Waals surface area contributed by atoms with Crippen LogP contribution < -0.4 is 0 Å². The average molecular weight is 458 g/mol. The van der Waals surface area contributed by atoms with Crippen molar-refractivity contribution in [1.82, 2.24) is 0 Å². The number of Topliss-reactive ketones (excluding diaryl/α,β-unsaturated/α-hetero) is 1. The van der Waals surface area contributed by atoms with Crippen LogP contribution in [-0.2, 0) is 14.3 Å². The molecule has 1 aliphatic carbocycles. The molecule has 0 N–H and O–H groups in total. The number of hydrogen-bond acceptors (Lipinski definition) is 4. The zero-order chi connectivity index (χ0) is 24.5. The number of ketones is 1. The van der Waals surface area contributed by atoms with Gasteiger partial charge in [-0.1, -0.05) is 89.2 Å². The van der Waals surface area contributed by atoms with Crippen LogP contribution in [-0.4, -0.2) is 24.1 Å². The average Bonchev–Trinajstić information content (AvgIpc) is 2.81. The SMILES string of the molecule is CCC1=C(C(=O)OCC(C)C)C(c2ccc(-c3ccccc3)cc2)C2C(=O)CC(C)(C)CC2=N1. The first-order valence-corrected chi connectivity index (χ1v) is 12.4. The van der Waals surface area contributed by atoms with Gasteiger partial charge in [0.25, 0.3) is 0 Å². The molecule has 1 aliphatic heterocycles. The summed E-state index contributed by atoms with van der Waals surface area (Å²) in [7, 11) is 0. The van der Waals surface area contributed by atoms with Gasteiger partial charge >= 0.3 is 5.97 Å². The third-order valence-electron chi connectivity index (χ3n) is 6.73. The molecule has 2 atom stereocenters. The van der Waals surface area contributed by atoms with Crippen LogP contribution in [0.25, 0.3) is 11.1 Å². The Bertz CT molecular complexity index is 1120. The Morgan fingerprint density at radius 1 is 1.00 bits per heavy atom. The zero-order valence-corrected chi connectivity index (χ0v) is 20.9. The van der Waals surface area contributed by atoms with E-state index >= 15 is 0 Å². The van der Waals surface area contributed by atoms with E-state index in [1.54, 1.807) is 0 Å². The van der Waals surface area contributed by atoms with E-state index in [0.29, 0.717) is 25.0 Å². The third kappa shape index (κ3) is 4.91. The number of aliphatic imine (C=N–C) groups is 1. The molecule has 2 aromatic rings. The van der Waals surface area contributed by atoms with E-state index in [1.807, 2.05) is 39.0 Å². The molecule has 1 fully saturated rings. The topological polar surface area (TPSA) is 55.7 Å². The van der Waals surface area contributed by atoms with Crippen LogP contribution in [0.2, 0.25) is 0 Å². The second-order valence-corrected chi connectivity index (χ2v) is 10.7. The number of rotatable bonds is 6. The predicted molar refractivity (Wildman–Crippen MR) is 137 cm³/mol. The van der Waals surface area contributed by atoms with Crippen molar-refractivity contribution in [2.45, 2.75) is 59.8 Å². The van der Waals surface area contributed by atoms with Gasteiger partial charge in [0.05, 0.1) is 23.8 Å². The molecule has 0 amide bonds. The highest BCUT2D eigenvalue weighted by molar-refractivity contribution is 6.12. The second kappa shape index (κ2) is 9.69. The van der Waals surface area contributed by atoms with E-state index in [4.69, 9.17) is 9.73 Å². The second-order valence-electron chi connectivity index (χ2n) is 10.7. The van der Waals surface area contributed by atoms with Crippen LogP contribution in [0.4, 0.5) is 0 Å². The van der Waals surface area contributed by atoms with Crippen LogP contribution >= 0.6 is 0 Å². The highest BCUT2D eigenvalue weighted by atomic mass is 16.5. The predicted octanol–water partition coefficient (Wildman–Crippen LogP) is 6.76. The molecular formula is C30H35NO3. The lowest BCUT2D eigenvalue weighted by atomic mass is 9.63. The number of allylic oxidation sites excluding steroid dienone is 1. The van der Waals surface area contributed by atoms with Crippen molar-refractivity contribution in [1.29, 1.82) is 0 Å². The Morgan fingerprint density at radius 3 is 2.26 bits per heavy atom. The van der Waals surface area contributed by atoms with E-state index in [-0.39, 0.29) is 29.0 Å². The van der Waals surface area contributed by atoms with Gasteiger partial charge in [-0.25, -0.2) is 4.79 Å². The van der Waals surface area contributed by atoms with E-state index in [9.17, 15) is 9.59 Å². The number of ether oxygens (including phenoxy) is 1. The van der Waals surface area contributed by atoms with Crippen LogP contribution in [0, 0.1) is 17.3 Å². The lowest BCUT2D eigenvalue weighted by Gasteiger charge is -2.41. The van der Waals surface area contributed by atoms with Crippen molar-refractivity contribution in [2.75, 3.05) is 6.61 Å². The molecule has 4 heteroatoms. The molecule has 0 radical (unpaired) electrons. The summed E-state index contributed by atoms with van der Waals surface area (Å²) < 4.78 is 5.70. The van der Waals surface area contributed by atoms with E-state index in [2.05, 4.69) is 50.2 Å². The van der Waals surface area contributed by atoms with Gasteiger partial charge in [0.2, 0.25) is 0 Å². The van der Waals surface area contributed by atoms with E-state index < -0.39 is 5.92 Å². The molecule has 4 rings (SSSR count). The summed E-state index contributed by atoms with van der Waals surface area (Å²) in [5.74, 6) is -0.722. The quantitative estimate of drug-likeness (QED) is 0.450. The highest BCUT2D eigenvalue weighted by Crippen LogP contribution is 2.47. The number of nitrogens with zero attached hydrogens (tertiary/aromatic N) is 1. The van der Waals surface area contributed by atoms with Crippen molar-refractivity contribution in [3.05, 3.63) is 71.4 Å². The van der Waals surface area contributed by atoms with E-state index in [1.165, 1.54) is 0 Å². The Morgan fingerprint density at radius 2 is 1.65 bits per heavy atom. The molecule has 2 unspecified atom stereocenters. The van der Waals surface area contributed by atoms with Crippen LogP contribution in [0.5, 0.6) is 0 Å². The van der Waals surface area contributed by atoms with Crippen molar-refractivity contribution in [2.24, 2.45) is 22.2 Å². The smallest absolute Gasteiger partial charge is 0.336 e. The van der Waals surface area contributed by atoms with Crippen molar-refractivity contribution >= 4 is 17.5 Å². The summed E-state index contributed by atoms with van der Waals surface area (Å²) in [6.07, 6.45) is 1.88. The van der Waals surface area contributed by atoms with Gasteiger partial charge in [-0.15, -0.1) is 0 Å². The molecule has 1 saturated carbocycles. The Hall–Kier alpha value is -3.01. The standard InChI is InChI=1S/C30H35NO3/c1-6-23-28(29(33)34-18-19(2)3)26(27-24(31-23)16-30(4,5)17-25(27)32)22-14-12-21(13-15-22)20-10-8-7-9-11-20/h7-15,19,26-27H,6,16-18H2,1-5H3. The van der Waals surface area contributed by atoms with Gasteiger partial charge in [0, 0.05) is 18.1 Å². The minimum absolute atomic E-state index is 0.122. The molecule has 4 nitrogen and oxygen atoms in total. The molecule has 0 saturated heterocycles. The Kier molecular flexibility index (Phi) is 6.88. The van der Waals surface area contributed by atoms with E-state index in [0.717, 1.165) is 34.5 Å². The molecular weight excluding hydrogens is 422 g/mol. The van der Waals surface area contributed by atoms with Crippen LogP contribution in [0.15, 0.2) is 70.9 Å². The summed E-state index contributed by atoms with van der Waals surface area (Å²) in [4.78, 5) is 31.8. The van der Waals surface area contributed by atoms with Gasteiger partial charge in [-0.2, -0.15) is 0 Å². The largest absolute Gasteiger partial charge is 0.462 e. The minimum Gasteiger partial charge on any atom is -0.462 e. The summed E-state index contributed by atoms with van der Waals surface area (Å²) in [5.41, 5.74) is 5.30. The molecule has 1 heterocycles. The number of fused-ring (bicyclic) bond motifs is 1. The van der Waals surface area contributed by atoms with Gasteiger partial charge < -0.3 is 4.74 Å². The first-order chi connectivity index (χ1) is 16.2. The number of carbonyl (C=O) groups excluding carboxylic acids is 2. The molecule has 2 aliphatic rings. The highest BCUT2D eigenvalue weighted by Gasteiger charge is 2.48. The summed E-state index contributed by atoms with van der Waals surface area (Å²) in [6, 6.07) is 18.5. The molecule has 0 aromatic heterocycles. The fourth-order valence-corrected chi connectivity index (χ4v) is 5.20. The maximum Gasteiger partial charge on any atom is 0.336 e. The number of hydrogen-bond donors (Lipinski definition) is 0. The summed E-state index contributed by atoms with van der Waals surface area (Å²) in [5, 5.41) is 0.